The van der Waals surface area contributed by atoms with Crippen molar-refractivity contribution < 1.29 is 14.3 Å². The van der Waals surface area contributed by atoms with Crippen molar-refractivity contribution in [1.29, 1.82) is 0 Å². The molecule has 9 nitrogen and oxygen atoms in total. The number of aromatic nitrogens is 5. The van der Waals surface area contributed by atoms with Gasteiger partial charge in [0.15, 0.2) is 0 Å². The van der Waals surface area contributed by atoms with Crippen molar-refractivity contribution >= 4 is 5.97 Å². The third kappa shape index (κ3) is 4.99. The molecule has 0 spiro atoms. The topological polar surface area (TPSA) is 87.3 Å². The lowest BCUT2D eigenvalue weighted by Crippen LogP contribution is -2.35. The Morgan fingerprint density at radius 2 is 1.87 bits per heavy atom. The Kier molecular flexibility index (Phi) is 6.78. The fourth-order valence-corrected chi connectivity index (χ4v) is 5.33. The lowest BCUT2D eigenvalue weighted by molar-refractivity contribution is 0.0342. The molecule has 1 aliphatic heterocycles. The van der Waals surface area contributed by atoms with Gasteiger partial charge in [-0.2, -0.15) is 5.10 Å². The molecule has 1 aliphatic carbocycles. The number of ether oxygens (including phenoxy) is 2. The number of hydrogen-bond donors (Lipinski definition) is 0. The summed E-state index contributed by atoms with van der Waals surface area (Å²) >= 11 is 0. The van der Waals surface area contributed by atoms with Crippen LogP contribution in [0.4, 0.5) is 0 Å². The van der Waals surface area contributed by atoms with Crippen LogP contribution in [0.25, 0.3) is 16.8 Å². The van der Waals surface area contributed by atoms with Crippen LogP contribution in [-0.4, -0.2) is 68.6 Å². The van der Waals surface area contributed by atoms with Crippen LogP contribution in [0.3, 0.4) is 0 Å². The summed E-state index contributed by atoms with van der Waals surface area (Å²) in [4.78, 5) is 15.3. The summed E-state index contributed by atoms with van der Waals surface area (Å²) in [6, 6.07) is 17.0. The molecule has 0 unspecified atom stereocenters. The Bertz CT molecular complexity index is 1440. The van der Waals surface area contributed by atoms with E-state index in [1.54, 1.807) is 10.9 Å². The third-order valence-electron chi connectivity index (χ3n) is 7.30. The van der Waals surface area contributed by atoms with E-state index >= 15 is 0 Å². The minimum Gasteiger partial charge on any atom is -0.462 e. The number of esters is 1. The number of carbonyl (C=O) groups is 1. The normalized spacial score (nSPS) is 19.4. The second-order valence-corrected chi connectivity index (χ2v) is 9.98. The van der Waals surface area contributed by atoms with Crippen molar-refractivity contribution in [3.05, 3.63) is 83.4 Å². The standard InChI is InChI=1S/C29H32N6O3/c1-3-38-29(36)26-17-30-35(28(26)25-16-24(25)27-19-33(2)32-31-27)23-9-5-8-22(15-23)21-7-4-6-20(14-21)18-34-10-12-37-13-11-34/h4-9,14-15,17,19,24-25H,3,10-13,16,18H2,1-2H3/t24-,25-/m1/s1. The number of rotatable bonds is 8. The second-order valence-electron chi connectivity index (χ2n) is 9.98. The Morgan fingerprint density at radius 3 is 2.63 bits per heavy atom. The molecule has 0 N–H and O–H groups in total. The average molecular weight is 513 g/mol. The highest BCUT2D eigenvalue weighted by Gasteiger charge is 2.46. The average Bonchev–Trinajstić information content (AvgIpc) is 3.39. The molecule has 1 saturated heterocycles. The quantitative estimate of drug-likeness (QED) is 0.331. The van der Waals surface area contributed by atoms with Crippen LogP contribution in [0.15, 0.2) is 60.9 Å². The predicted octanol–water partition coefficient (Wildman–Crippen LogP) is 3.95. The van der Waals surface area contributed by atoms with Crippen molar-refractivity contribution in [1.82, 2.24) is 29.7 Å². The maximum Gasteiger partial charge on any atom is 0.341 e. The molecular weight excluding hydrogens is 480 g/mol. The van der Waals surface area contributed by atoms with E-state index in [1.807, 2.05) is 37.0 Å². The number of hydrogen-bond acceptors (Lipinski definition) is 7. The van der Waals surface area contributed by atoms with Crippen LogP contribution >= 0.6 is 0 Å². The van der Waals surface area contributed by atoms with Crippen LogP contribution < -0.4 is 0 Å². The first kappa shape index (κ1) is 24.5. The summed E-state index contributed by atoms with van der Waals surface area (Å²) in [5.41, 5.74) is 6.78. The number of morpholine rings is 1. The van der Waals surface area contributed by atoms with E-state index in [1.165, 1.54) is 5.56 Å². The van der Waals surface area contributed by atoms with Crippen molar-refractivity contribution in [3.8, 4) is 16.8 Å². The maximum absolute atomic E-state index is 12.9. The van der Waals surface area contributed by atoms with Crippen LogP contribution in [-0.2, 0) is 23.1 Å². The highest BCUT2D eigenvalue weighted by Crippen LogP contribution is 2.55. The molecule has 4 aromatic rings. The number of benzene rings is 2. The zero-order valence-corrected chi connectivity index (χ0v) is 21.8. The number of nitrogens with zero attached hydrogens (tertiary/aromatic N) is 6. The van der Waals surface area contributed by atoms with Gasteiger partial charge in [0.1, 0.15) is 5.56 Å². The molecule has 2 aromatic carbocycles. The van der Waals surface area contributed by atoms with Crippen LogP contribution in [0, 0.1) is 0 Å². The Balaban J connectivity index is 1.32. The van der Waals surface area contributed by atoms with Gasteiger partial charge in [-0.3, -0.25) is 9.58 Å². The molecule has 0 radical (unpaired) electrons. The lowest BCUT2D eigenvalue weighted by atomic mass is 10.0. The largest absolute Gasteiger partial charge is 0.462 e. The van der Waals surface area contributed by atoms with Crippen molar-refractivity contribution in [2.24, 2.45) is 7.05 Å². The first-order chi connectivity index (χ1) is 18.6. The van der Waals surface area contributed by atoms with Crippen LogP contribution in [0.5, 0.6) is 0 Å². The third-order valence-corrected chi connectivity index (χ3v) is 7.30. The predicted molar refractivity (Wildman–Crippen MR) is 142 cm³/mol. The van der Waals surface area contributed by atoms with E-state index in [0.29, 0.717) is 12.2 Å². The molecule has 38 heavy (non-hydrogen) atoms. The summed E-state index contributed by atoms with van der Waals surface area (Å²) in [7, 11) is 1.86. The van der Waals surface area contributed by atoms with Gasteiger partial charge in [0, 0.05) is 44.7 Å². The van der Waals surface area contributed by atoms with Crippen LogP contribution in [0.1, 0.15) is 52.5 Å². The molecular formula is C29H32N6O3. The first-order valence-corrected chi connectivity index (χ1v) is 13.2. The molecule has 0 bridgehead atoms. The fraction of sp³-hybridized carbons (Fsp3) is 0.379. The minimum atomic E-state index is -0.342. The SMILES string of the molecule is CCOC(=O)c1cnn(-c2cccc(-c3cccc(CN4CCOCC4)c3)c2)c1[C@@H]1C[C@H]1c1cn(C)nn1. The number of aryl methyl sites for hydroxylation is 1. The molecule has 2 aromatic heterocycles. The lowest BCUT2D eigenvalue weighted by Gasteiger charge is -2.26. The van der Waals surface area contributed by atoms with E-state index < -0.39 is 0 Å². The van der Waals surface area contributed by atoms with Gasteiger partial charge in [-0.05, 0) is 48.2 Å². The van der Waals surface area contributed by atoms with Gasteiger partial charge >= 0.3 is 5.97 Å². The Labute approximate surface area is 222 Å². The molecule has 2 fully saturated rings. The smallest absolute Gasteiger partial charge is 0.341 e. The summed E-state index contributed by atoms with van der Waals surface area (Å²) < 4.78 is 14.5. The van der Waals surface area contributed by atoms with Crippen molar-refractivity contribution in [2.45, 2.75) is 31.7 Å². The molecule has 6 rings (SSSR count). The van der Waals surface area contributed by atoms with E-state index in [2.05, 4.69) is 56.7 Å². The number of carbonyl (C=O) groups excluding carboxylic acids is 1. The summed E-state index contributed by atoms with van der Waals surface area (Å²) in [5, 5.41) is 13.1. The zero-order chi connectivity index (χ0) is 26.1. The molecule has 2 aliphatic rings. The van der Waals surface area contributed by atoms with E-state index in [4.69, 9.17) is 9.47 Å². The molecule has 1 saturated carbocycles. The first-order valence-electron chi connectivity index (χ1n) is 13.2. The molecule has 9 heteroatoms. The molecule has 0 amide bonds. The van der Waals surface area contributed by atoms with Gasteiger partial charge in [0.25, 0.3) is 0 Å². The van der Waals surface area contributed by atoms with Gasteiger partial charge in [-0.1, -0.05) is 35.5 Å². The summed E-state index contributed by atoms with van der Waals surface area (Å²) in [6.45, 7) is 6.55. The summed E-state index contributed by atoms with van der Waals surface area (Å²) in [5.74, 6) is -0.0213. The Hall–Kier alpha value is -3.82. The zero-order valence-electron chi connectivity index (χ0n) is 21.8. The van der Waals surface area contributed by atoms with Gasteiger partial charge in [0.2, 0.25) is 0 Å². The highest BCUT2D eigenvalue weighted by atomic mass is 16.5. The van der Waals surface area contributed by atoms with Crippen LogP contribution in [0.2, 0.25) is 0 Å². The maximum atomic E-state index is 12.9. The van der Waals surface area contributed by atoms with Crippen molar-refractivity contribution in [3.63, 3.8) is 0 Å². The highest BCUT2D eigenvalue weighted by molar-refractivity contribution is 5.91. The van der Waals surface area contributed by atoms with E-state index in [-0.39, 0.29) is 17.8 Å². The fourth-order valence-electron chi connectivity index (χ4n) is 5.33. The molecule has 2 atom stereocenters. The monoisotopic (exact) mass is 512 g/mol. The second kappa shape index (κ2) is 10.5. The van der Waals surface area contributed by atoms with Crippen molar-refractivity contribution in [2.75, 3.05) is 32.9 Å². The van der Waals surface area contributed by atoms with Gasteiger partial charge in [-0.25, -0.2) is 9.48 Å². The van der Waals surface area contributed by atoms with Gasteiger partial charge in [-0.15, -0.1) is 5.10 Å². The van der Waals surface area contributed by atoms with Gasteiger partial charge < -0.3 is 9.47 Å². The van der Waals surface area contributed by atoms with Gasteiger partial charge in [0.05, 0.1) is 43.1 Å². The Morgan fingerprint density at radius 1 is 1.08 bits per heavy atom. The molecule has 3 heterocycles. The van der Waals surface area contributed by atoms with E-state index in [9.17, 15) is 4.79 Å². The summed E-state index contributed by atoms with van der Waals surface area (Å²) in [6.07, 6.45) is 4.47. The molecule has 196 valence electrons. The van der Waals surface area contributed by atoms with E-state index in [0.717, 1.165) is 67.5 Å². The minimum absolute atomic E-state index is 0.120.